The minimum absolute atomic E-state index is 0.568. The lowest BCUT2D eigenvalue weighted by molar-refractivity contribution is 0.145. The second-order valence-electron chi connectivity index (χ2n) is 4.22. The van der Waals surface area contributed by atoms with Crippen molar-refractivity contribution in [3.05, 3.63) is 30.1 Å². The second kappa shape index (κ2) is 5.24. The molecule has 0 saturated carbocycles. The van der Waals surface area contributed by atoms with E-state index < -0.39 is 0 Å². The average molecular weight is 205 g/mol. The van der Waals surface area contributed by atoms with Crippen molar-refractivity contribution in [1.82, 2.24) is 9.88 Å². The van der Waals surface area contributed by atoms with Gasteiger partial charge in [-0.25, -0.2) is 0 Å². The Labute approximate surface area is 91.3 Å². The molecule has 2 rings (SSSR count). The van der Waals surface area contributed by atoms with Gasteiger partial charge in [-0.2, -0.15) is 0 Å². The molecule has 3 nitrogen and oxygen atoms in total. The minimum Gasteiger partial charge on any atom is -0.329 e. The van der Waals surface area contributed by atoms with E-state index in [0.717, 1.165) is 13.1 Å². The summed E-state index contributed by atoms with van der Waals surface area (Å²) in [5.41, 5.74) is 7.08. The van der Waals surface area contributed by atoms with Gasteiger partial charge in [0.05, 0.1) is 0 Å². The molecule has 0 bridgehead atoms. The number of hydrogen-bond donors (Lipinski definition) is 1. The molecule has 15 heavy (non-hydrogen) atoms. The summed E-state index contributed by atoms with van der Waals surface area (Å²) in [6.45, 7) is 2.95. The molecule has 1 atom stereocenters. The SMILES string of the molecule is NC[C@H]1CCCCN1Cc1cccnc1. The summed E-state index contributed by atoms with van der Waals surface area (Å²) in [5, 5.41) is 0. The molecular weight excluding hydrogens is 186 g/mol. The van der Waals surface area contributed by atoms with Gasteiger partial charge in [-0.3, -0.25) is 9.88 Å². The summed E-state index contributed by atoms with van der Waals surface area (Å²) < 4.78 is 0. The Morgan fingerprint density at radius 1 is 1.47 bits per heavy atom. The van der Waals surface area contributed by atoms with E-state index in [9.17, 15) is 0 Å². The smallest absolute Gasteiger partial charge is 0.0312 e. The van der Waals surface area contributed by atoms with Gasteiger partial charge in [0.1, 0.15) is 0 Å². The van der Waals surface area contributed by atoms with Gasteiger partial charge in [-0.1, -0.05) is 12.5 Å². The van der Waals surface area contributed by atoms with Crippen LogP contribution < -0.4 is 5.73 Å². The summed E-state index contributed by atoms with van der Waals surface area (Å²) >= 11 is 0. The lowest BCUT2D eigenvalue weighted by atomic mass is 10.0. The molecule has 0 amide bonds. The molecule has 0 spiro atoms. The van der Waals surface area contributed by atoms with Crippen molar-refractivity contribution in [3.63, 3.8) is 0 Å². The Balaban J connectivity index is 1.97. The van der Waals surface area contributed by atoms with Crippen molar-refractivity contribution in [2.75, 3.05) is 13.1 Å². The molecule has 0 aromatic carbocycles. The van der Waals surface area contributed by atoms with Gasteiger partial charge >= 0.3 is 0 Å². The lowest BCUT2D eigenvalue weighted by Crippen LogP contribution is -2.43. The summed E-state index contributed by atoms with van der Waals surface area (Å²) in [6, 6.07) is 4.70. The monoisotopic (exact) mass is 205 g/mol. The number of likely N-dealkylation sites (tertiary alicyclic amines) is 1. The molecule has 0 radical (unpaired) electrons. The Morgan fingerprint density at radius 3 is 3.13 bits per heavy atom. The van der Waals surface area contributed by atoms with Crippen molar-refractivity contribution >= 4 is 0 Å². The van der Waals surface area contributed by atoms with Gasteiger partial charge < -0.3 is 5.73 Å². The number of nitrogens with zero attached hydrogens (tertiary/aromatic N) is 2. The highest BCUT2D eigenvalue weighted by molar-refractivity contribution is 5.08. The average Bonchev–Trinajstić information content (AvgIpc) is 2.31. The molecule has 2 N–H and O–H groups in total. The highest BCUT2D eigenvalue weighted by Crippen LogP contribution is 2.18. The molecule has 3 heteroatoms. The number of piperidine rings is 1. The quantitative estimate of drug-likeness (QED) is 0.811. The van der Waals surface area contributed by atoms with Crippen LogP contribution in [0, 0.1) is 0 Å². The van der Waals surface area contributed by atoms with Crippen LogP contribution in [0.1, 0.15) is 24.8 Å². The molecule has 0 aliphatic carbocycles. The third kappa shape index (κ3) is 2.76. The maximum Gasteiger partial charge on any atom is 0.0312 e. The zero-order valence-electron chi connectivity index (χ0n) is 9.10. The fraction of sp³-hybridized carbons (Fsp3) is 0.583. The first-order valence-electron chi connectivity index (χ1n) is 5.73. The minimum atomic E-state index is 0.568. The van der Waals surface area contributed by atoms with Crippen LogP contribution in [-0.2, 0) is 6.54 Å². The number of aromatic nitrogens is 1. The molecule has 2 heterocycles. The van der Waals surface area contributed by atoms with Crippen molar-refractivity contribution in [1.29, 1.82) is 0 Å². The first-order valence-corrected chi connectivity index (χ1v) is 5.73. The molecule has 1 saturated heterocycles. The van der Waals surface area contributed by atoms with Gasteiger partial charge in [-0.05, 0) is 31.0 Å². The van der Waals surface area contributed by atoms with E-state index in [4.69, 9.17) is 5.73 Å². The standard InChI is InChI=1S/C12H19N3/c13-8-12-5-1-2-7-15(12)10-11-4-3-6-14-9-11/h3-4,6,9,12H,1-2,5,7-8,10,13H2/t12-/m1/s1. The third-order valence-corrected chi connectivity index (χ3v) is 3.13. The summed E-state index contributed by atoms with van der Waals surface area (Å²) in [7, 11) is 0. The number of hydrogen-bond acceptors (Lipinski definition) is 3. The fourth-order valence-electron chi connectivity index (χ4n) is 2.26. The highest BCUT2D eigenvalue weighted by Gasteiger charge is 2.20. The normalized spacial score (nSPS) is 22.9. The number of rotatable bonds is 3. The zero-order valence-corrected chi connectivity index (χ0v) is 9.10. The fourth-order valence-corrected chi connectivity index (χ4v) is 2.26. The van der Waals surface area contributed by atoms with Gasteiger partial charge in [0, 0.05) is 31.5 Å². The maximum absolute atomic E-state index is 5.79. The molecule has 1 aliphatic rings. The van der Waals surface area contributed by atoms with Crippen LogP contribution in [-0.4, -0.2) is 29.0 Å². The molecule has 82 valence electrons. The van der Waals surface area contributed by atoms with Crippen molar-refractivity contribution in [2.24, 2.45) is 5.73 Å². The van der Waals surface area contributed by atoms with Gasteiger partial charge in [0.15, 0.2) is 0 Å². The van der Waals surface area contributed by atoms with Gasteiger partial charge in [0.2, 0.25) is 0 Å². The Kier molecular flexibility index (Phi) is 3.69. The van der Waals surface area contributed by atoms with Crippen molar-refractivity contribution < 1.29 is 0 Å². The first kappa shape index (κ1) is 10.6. The molecular formula is C12H19N3. The van der Waals surface area contributed by atoms with Crippen LogP contribution in [0.15, 0.2) is 24.5 Å². The number of nitrogens with two attached hydrogens (primary N) is 1. The maximum atomic E-state index is 5.79. The van der Waals surface area contributed by atoms with Crippen LogP contribution in [0.4, 0.5) is 0 Å². The molecule has 1 fully saturated rings. The Morgan fingerprint density at radius 2 is 2.40 bits per heavy atom. The Hall–Kier alpha value is -0.930. The highest BCUT2D eigenvalue weighted by atomic mass is 15.2. The van der Waals surface area contributed by atoms with Crippen molar-refractivity contribution in [2.45, 2.75) is 31.8 Å². The van der Waals surface area contributed by atoms with Crippen LogP contribution in [0.5, 0.6) is 0 Å². The topological polar surface area (TPSA) is 42.1 Å². The molecule has 1 aliphatic heterocycles. The first-order chi connectivity index (χ1) is 7.40. The summed E-state index contributed by atoms with van der Waals surface area (Å²) in [4.78, 5) is 6.63. The van der Waals surface area contributed by atoms with E-state index in [1.807, 2.05) is 18.5 Å². The lowest BCUT2D eigenvalue weighted by Gasteiger charge is -2.34. The second-order valence-corrected chi connectivity index (χ2v) is 4.22. The van der Waals surface area contributed by atoms with Crippen LogP contribution in [0.3, 0.4) is 0 Å². The van der Waals surface area contributed by atoms with Crippen LogP contribution >= 0.6 is 0 Å². The van der Waals surface area contributed by atoms with E-state index in [1.165, 1.54) is 31.4 Å². The van der Waals surface area contributed by atoms with E-state index in [-0.39, 0.29) is 0 Å². The molecule has 1 aromatic rings. The van der Waals surface area contributed by atoms with Gasteiger partial charge in [0.25, 0.3) is 0 Å². The number of pyridine rings is 1. The largest absolute Gasteiger partial charge is 0.329 e. The van der Waals surface area contributed by atoms with E-state index in [2.05, 4.69) is 16.0 Å². The van der Waals surface area contributed by atoms with Gasteiger partial charge in [-0.15, -0.1) is 0 Å². The molecule has 0 unspecified atom stereocenters. The van der Waals surface area contributed by atoms with E-state index in [0.29, 0.717) is 6.04 Å². The zero-order chi connectivity index (χ0) is 10.5. The summed E-state index contributed by atoms with van der Waals surface area (Å²) in [5.74, 6) is 0. The predicted octanol–water partition coefficient (Wildman–Crippen LogP) is 1.39. The van der Waals surface area contributed by atoms with E-state index in [1.54, 1.807) is 0 Å². The summed E-state index contributed by atoms with van der Waals surface area (Å²) in [6.07, 6.45) is 7.64. The van der Waals surface area contributed by atoms with E-state index >= 15 is 0 Å². The molecule has 1 aromatic heterocycles. The van der Waals surface area contributed by atoms with Crippen LogP contribution in [0.25, 0.3) is 0 Å². The predicted molar refractivity (Wildman–Crippen MR) is 61.3 cm³/mol. The van der Waals surface area contributed by atoms with Crippen molar-refractivity contribution in [3.8, 4) is 0 Å². The Bertz CT molecular complexity index is 286. The van der Waals surface area contributed by atoms with Crippen LogP contribution in [0.2, 0.25) is 0 Å². The third-order valence-electron chi connectivity index (χ3n) is 3.13.